The van der Waals surface area contributed by atoms with Gasteiger partial charge in [0.2, 0.25) is 0 Å². The van der Waals surface area contributed by atoms with E-state index in [2.05, 4.69) is 4.98 Å². The minimum absolute atomic E-state index is 0.121. The zero-order valence-corrected chi connectivity index (χ0v) is 10.5. The topological polar surface area (TPSA) is 22.1 Å². The highest BCUT2D eigenvalue weighted by atomic mass is 35.5. The number of thiazole rings is 1. The van der Waals surface area contributed by atoms with Gasteiger partial charge in [0.1, 0.15) is 11.0 Å². The molecule has 0 aliphatic carbocycles. The van der Waals surface area contributed by atoms with E-state index >= 15 is 0 Å². The van der Waals surface area contributed by atoms with Crippen molar-refractivity contribution in [2.24, 2.45) is 0 Å². The Kier molecular flexibility index (Phi) is 3.81. The first-order valence-electron chi connectivity index (χ1n) is 4.44. The summed E-state index contributed by atoms with van der Waals surface area (Å²) in [5.74, 6) is -1.32. The summed E-state index contributed by atoms with van der Waals surface area (Å²) < 4.78 is 31.3. The molecule has 17 heavy (non-hydrogen) atoms. The molecule has 0 radical (unpaired) electrons. The first-order chi connectivity index (χ1) is 8.10. The third-order valence-corrected chi connectivity index (χ3v) is 3.63. The second-order valence-electron chi connectivity index (χ2n) is 3.00. The molecule has 0 unspecified atom stereocenters. The molecule has 2 nitrogen and oxygen atoms in total. The number of halogens is 4. The Morgan fingerprint density at radius 3 is 2.76 bits per heavy atom. The van der Waals surface area contributed by atoms with Gasteiger partial charge in [0.25, 0.3) is 5.19 Å². The fourth-order valence-electron chi connectivity index (χ4n) is 1.09. The van der Waals surface area contributed by atoms with Crippen LogP contribution < -0.4 is 4.74 Å². The maximum atomic E-state index is 13.3. The zero-order valence-electron chi connectivity index (χ0n) is 8.21. The van der Waals surface area contributed by atoms with Crippen LogP contribution >= 0.6 is 34.5 Å². The molecule has 2 rings (SSSR count). The van der Waals surface area contributed by atoms with Crippen molar-refractivity contribution in [1.82, 2.24) is 4.98 Å². The summed E-state index contributed by atoms with van der Waals surface area (Å²) in [6.45, 7) is 0. The lowest BCUT2D eigenvalue weighted by atomic mass is 10.3. The molecule has 0 bridgehead atoms. The number of hydrogen-bond donors (Lipinski definition) is 0. The monoisotopic (exact) mass is 295 g/mol. The lowest BCUT2D eigenvalue weighted by Crippen LogP contribution is -1.88. The van der Waals surface area contributed by atoms with Crippen LogP contribution in [0.2, 0.25) is 5.15 Å². The highest BCUT2D eigenvalue weighted by molar-refractivity contribution is 7.14. The minimum atomic E-state index is -0.676. The van der Waals surface area contributed by atoms with Gasteiger partial charge in [-0.05, 0) is 12.1 Å². The summed E-state index contributed by atoms with van der Waals surface area (Å²) in [7, 11) is 0. The number of nitrogens with zero attached hydrogens (tertiary/aromatic N) is 1. The van der Waals surface area contributed by atoms with Gasteiger partial charge in [-0.3, -0.25) is 0 Å². The molecule has 1 heterocycles. The molecular formula is C10H5Cl2F2NOS. The number of hydrogen-bond acceptors (Lipinski definition) is 3. The quantitative estimate of drug-likeness (QED) is 0.772. The smallest absolute Gasteiger partial charge is 0.280 e. The highest BCUT2D eigenvalue weighted by Crippen LogP contribution is 2.33. The number of alkyl halides is 1. The van der Waals surface area contributed by atoms with Crippen LogP contribution in [-0.2, 0) is 5.88 Å². The van der Waals surface area contributed by atoms with Gasteiger partial charge in [0.05, 0.1) is 10.8 Å². The van der Waals surface area contributed by atoms with Gasteiger partial charge in [-0.15, -0.1) is 11.6 Å². The van der Waals surface area contributed by atoms with E-state index in [1.54, 1.807) is 0 Å². The Balaban J connectivity index is 2.27. The van der Waals surface area contributed by atoms with Crippen LogP contribution in [0.5, 0.6) is 10.9 Å². The van der Waals surface area contributed by atoms with Crippen LogP contribution in [0, 0.1) is 11.6 Å². The van der Waals surface area contributed by atoms with Gasteiger partial charge in [-0.1, -0.05) is 22.9 Å². The van der Waals surface area contributed by atoms with Crippen LogP contribution in [0.3, 0.4) is 0 Å². The van der Waals surface area contributed by atoms with Crippen molar-refractivity contribution in [3.05, 3.63) is 39.9 Å². The van der Waals surface area contributed by atoms with Crippen LogP contribution in [0.1, 0.15) is 4.88 Å². The molecule has 0 fully saturated rings. The fourth-order valence-corrected chi connectivity index (χ4v) is 2.42. The Morgan fingerprint density at radius 1 is 1.35 bits per heavy atom. The molecule has 90 valence electrons. The standard InChI is InChI=1S/C10H5Cl2F2NOS/c11-4-8-9(12)15-10(17-8)16-7-3-5(13)1-2-6(7)14/h1-3H,4H2. The van der Waals surface area contributed by atoms with Gasteiger partial charge in [0, 0.05) is 6.07 Å². The van der Waals surface area contributed by atoms with Gasteiger partial charge in [0.15, 0.2) is 11.6 Å². The Morgan fingerprint density at radius 2 is 2.12 bits per heavy atom. The Bertz CT molecular complexity index is 547. The first-order valence-corrected chi connectivity index (χ1v) is 6.17. The number of aromatic nitrogens is 1. The average molecular weight is 296 g/mol. The molecular weight excluding hydrogens is 291 g/mol. The van der Waals surface area contributed by atoms with Crippen LogP contribution in [0.25, 0.3) is 0 Å². The number of ether oxygens (including phenoxy) is 1. The molecule has 0 amide bonds. The second kappa shape index (κ2) is 5.16. The van der Waals surface area contributed by atoms with E-state index in [-0.39, 0.29) is 22.0 Å². The van der Waals surface area contributed by atoms with Crippen LogP contribution in [0.15, 0.2) is 18.2 Å². The number of rotatable bonds is 3. The molecule has 0 saturated heterocycles. The van der Waals surface area contributed by atoms with Crippen molar-refractivity contribution >= 4 is 34.5 Å². The Labute approximate surface area is 110 Å². The first kappa shape index (κ1) is 12.5. The molecule has 0 atom stereocenters. The lowest BCUT2D eigenvalue weighted by molar-refractivity contribution is 0.434. The van der Waals surface area contributed by atoms with Crippen molar-refractivity contribution in [2.45, 2.75) is 5.88 Å². The fraction of sp³-hybridized carbons (Fsp3) is 0.100. The van der Waals surface area contributed by atoms with Gasteiger partial charge >= 0.3 is 0 Å². The minimum Gasteiger partial charge on any atom is -0.428 e. The van der Waals surface area contributed by atoms with Crippen molar-refractivity contribution in [3.8, 4) is 10.9 Å². The van der Waals surface area contributed by atoms with Crippen LogP contribution in [0.4, 0.5) is 8.78 Å². The molecule has 0 aliphatic heterocycles. The van der Waals surface area contributed by atoms with E-state index in [0.717, 1.165) is 29.5 Å². The Hall–Kier alpha value is -0.910. The summed E-state index contributed by atoms with van der Waals surface area (Å²) in [6, 6.07) is 2.91. The summed E-state index contributed by atoms with van der Waals surface area (Å²) >= 11 is 12.4. The van der Waals surface area contributed by atoms with E-state index in [1.165, 1.54) is 0 Å². The molecule has 1 aromatic carbocycles. The molecule has 1 aromatic heterocycles. The van der Waals surface area contributed by atoms with Crippen molar-refractivity contribution < 1.29 is 13.5 Å². The third kappa shape index (κ3) is 2.86. The summed E-state index contributed by atoms with van der Waals surface area (Å²) in [5.41, 5.74) is 0. The average Bonchev–Trinajstić information content (AvgIpc) is 2.64. The molecule has 0 spiro atoms. The van der Waals surface area contributed by atoms with E-state index in [0.29, 0.717) is 4.88 Å². The third-order valence-electron chi connectivity index (χ3n) is 1.84. The van der Waals surface area contributed by atoms with Gasteiger partial charge < -0.3 is 4.74 Å². The molecule has 2 aromatic rings. The van der Waals surface area contributed by atoms with E-state index in [1.807, 2.05) is 0 Å². The van der Waals surface area contributed by atoms with E-state index in [4.69, 9.17) is 27.9 Å². The molecule has 0 saturated carbocycles. The predicted octanol–water partition coefficient (Wildman–Crippen LogP) is 4.61. The van der Waals surface area contributed by atoms with Crippen molar-refractivity contribution in [2.75, 3.05) is 0 Å². The lowest BCUT2D eigenvalue weighted by Gasteiger charge is -2.02. The predicted molar refractivity (Wildman–Crippen MR) is 63.1 cm³/mol. The maximum Gasteiger partial charge on any atom is 0.280 e. The number of benzene rings is 1. The highest BCUT2D eigenvalue weighted by Gasteiger charge is 2.12. The summed E-state index contributed by atoms with van der Waals surface area (Å²) in [6.07, 6.45) is 0. The normalized spacial score (nSPS) is 10.6. The van der Waals surface area contributed by atoms with E-state index < -0.39 is 11.6 Å². The SMILES string of the molecule is Fc1ccc(F)c(Oc2nc(Cl)c(CCl)s2)c1. The van der Waals surface area contributed by atoms with Crippen molar-refractivity contribution in [3.63, 3.8) is 0 Å². The second-order valence-corrected chi connectivity index (χ2v) is 4.68. The van der Waals surface area contributed by atoms with Crippen LogP contribution in [-0.4, -0.2) is 4.98 Å². The van der Waals surface area contributed by atoms with Crippen molar-refractivity contribution in [1.29, 1.82) is 0 Å². The maximum absolute atomic E-state index is 13.3. The van der Waals surface area contributed by atoms with E-state index in [9.17, 15) is 8.78 Å². The van der Waals surface area contributed by atoms with Gasteiger partial charge in [-0.25, -0.2) is 8.78 Å². The largest absolute Gasteiger partial charge is 0.428 e. The van der Waals surface area contributed by atoms with Gasteiger partial charge in [-0.2, -0.15) is 4.98 Å². The summed E-state index contributed by atoms with van der Waals surface area (Å²) in [4.78, 5) is 4.45. The molecule has 0 aliphatic rings. The molecule has 0 N–H and O–H groups in total. The zero-order chi connectivity index (χ0) is 12.4. The molecule has 7 heteroatoms. The summed E-state index contributed by atoms with van der Waals surface area (Å²) in [5, 5.41) is 0.326.